The van der Waals surface area contributed by atoms with Gasteiger partial charge in [0.05, 0.1) is 26.9 Å². The van der Waals surface area contributed by atoms with E-state index < -0.39 is 0 Å². The number of hydrogen-bond acceptors (Lipinski definition) is 4. The van der Waals surface area contributed by atoms with E-state index in [2.05, 4.69) is 0 Å². The SMILES string of the molecule is COc1cccc(C)c1/C=C/C(=O)/C=C/c1c(OC)cccc1OC. The van der Waals surface area contributed by atoms with Crippen molar-refractivity contribution in [2.24, 2.45) is 0 Å². The van der Waals surface area contributed by atoms with Crippen molar-refractivity contribution < 1.29 is 19.0 Å². The lowest BCUT2D eigenvalue weighted by atomic mass is 10.1. The third-order valence-electron chi connectivity index (χ3n) is 3.80. The Bertz CT molecular complexity index is 781. The molecule has 0 unspecified atom stereocenters. The van der Waals surface area contributed by atoms with Gasteiger partial charge in [0.25, 0.3) is 0 Å². The average Bonchev–Trinajstić information content (AvgIpc) is 2.64. The molecule has 0 amide bonds. The minimum Gasteiger partial charge on any atom is -0.496 e. The summed E-state index contributed by atoms with van der Waals surface area (Å²) in [5.41, 5.74) is 2.66. The molecular weight excluding hydrogens is 316 g/mol. The fourth-order valence-corrected chi connectivity index (χ4v) is 2.48. The Hall–Kier alpha value is -3.01. The summed E-state index contributed by atoms with van der Waals surface area (Å²) in [5.74, 6) is 1.89. The molecule has 2 rings (SSSR count). The summed E-state index contributed by atoms with van der Waals surface area (Å²) < 4.78 is 16.0. The Kier molecular flexibility index (Phi) is 6.40. The predicted molar refractivity (Wildman–Crippen MR) is 100 cm³/mol. The van der Waals surface area contributed by atoms with Gasteiger partial charge in [0, 0.05) is 5.56 Å². The summed E-state index contributed by atoms with van der Waals surface area (Å²) in [6.45, 7) is 1.97. The van der Waals surface area contributed by atoms with E-state index in [9.17, 15) is 4.79 Å². The standard InChI is InChI=1S/C21H22O4/c1-15-7-5-8-19(23-2)17(15)13-11-16(22)12-14-18-20(24-3)9-6-10-21(18)25-4/h5-14H,1-4H3/b13-11+,14-12+. The van der Waals surface area contributed by atoms with E-state index in [0.29, 0.717) is 11.5 Å². The molecule has 0 radical (unpaired) electrons. The molecule has 2 aromatic rings. The highest BCUT2D eigenvalue weighted by Crippen LogP contribution is 2.29. The molecule has 130 valence electrons. The van der Waals surface area contributed by atoms with Crippen LogP contribution in [0.3, 0.4) is 0 Å². The van der Waals surface area contributed by atoms with Crippen LogP contribution in [0.5, 0.6) is 17.2 Å². The van der Waals surface area contributed by atoms with Crippen LogP contribution in [-0.2, 0) is 4.79 Å². The van der Waals surface area contributed by atoms with Crippen molar-refractivity contribution in [3.05, 3.63) is 65.2 Å². The number of carbonyl (C=O) groups excluding carboxylic acids is 1. The quantitative estimate of drug-likeness (QED) is 0.706. The number of rotatable bonds is 7. The van der Waals surface area contributed by atoms with E-state index in [0.717, 1.165) is 22.4 Å². The Morgan fingerprint density at radius 3 is 1.72 bits per heavy atom. The van der Waals surface area contributed by atoms with Crippen molar-refractivity contribution >= 4 is 17.9 Å². The molecule has 0 saturated heterocycles. The first kappa shape index (κ1) is 18.3. The van der Waals surface area contributed by atoms with Crippen LogP contribution in [-0.4, -0.2) is 27.1 Å². The predicted octanol–water partition coefficient (Wildman–Crippen LogP) is 4.32. The molecule has 0 heterocycles. The van der Waals surface area contributed by atoms with Gasteiger partial charge in [-0.25, -0.2) is 0 Å². The van der Waals surface area contributed by atoms with E-state index in [1.807, 2.05) is 43.3 Å². The fraction of sp³-hybridized carbons (Fsp3) is 0.190. The van der Waals surface area contributed by atoms with Crippen molar-refractivity contribution in [1.82, 2.24) is 0 Å². The molecule has 0 aromatic heterocycles. The summed E-state index contributed by atoms with van der Waals surface area (Å²) in [7, 11) is 4.78. The molecule has 4 nitrogen and oxygen atoms in total. The average molecular weight is 338 g/mol. The number of ether oxygens (including phenoxy) is 3. The number of hydrogen-bond donors (Lipinski definition) is 0. The molecule has 0 aliphatic rings. The first-order valence-electron chi connectivity index (χ1n) is 7.85. The van der Waals surface area contributed by atoms with Crippen LogP contribution in [0.15, 0.2) is 48.6 Å². The smallest absolute Gasteiger partial charge is 0.178 e. The lowest BCUT2D eigenvalue weighted by Crippen LogP contribution is -1.93. The van der Waals surface area contributed by atoms with Crippen LogP contribution in [0.25, 0.3) is 12.2 Å². The van der Waals surface area contributed by atoms with Crippen molar-refractivity contribution in [3.63, 3.8) is 0 Å². The second kappa shape index (κ2) is 8.73. The molecule has 0 bridgehead atoms. The Morgan fingerprint density at radius 1 is 0.760 bits per heavy atom. The Balaban J connectivity index is 2.23. The summed E-state index contributed by atoms with van der Waals surface area (Å²) in [6, 6.07) is 11.2. The molecule has 4 heteroatoms. The summed E-state index contributed by atoms with van der Waals surface area (Å²) in [5, 5.41) is 0. The highest BCUT2D eigenvalue weighted by molar-refractivity contribution is 6.05. The van der Waals surface area contributed by atoms with Gasteiger partial charge in [0.2, 0.25) is 0 Å². The highest BCUT2D eigenvalue weighted by atomic mass is 16.5. The number of benzene rings is 2. The molecule has 0 spiro atoms. The second-order valence-corrected chi connectivity index (χ2v) is 5.34. The van der Waals surface area contributed by atoms with E-state index in [-0.39, 0.29) is 5.78 Å². The van der Waals surface area contributed by atoms with Crippen molar-refractivity contribution in [2.75, 3.05) is 21.3 Å². The maximum Gasteiger partial charge on any atom is 0.178 e. The fourth-order valence-electron chi connectivity index (χ4n) is 2.48. The zero-order chi connectivity index (χ0) is 18.2. The first-order chi connectivity index (χ1) is 12.1. The van der Waals surface area contributed by atoms with Crippen molar-refractivity contribution in [1.29, 1.82) is 0 Å². The van der Waals surface area contributed by atoms with Gasteiger partial charge in [0.1, 0.15) is 17.2 Å². The minimum absolute atomic E-state index is 0.140. The zero-order valence-corrected chi connectivity index (χ0v) is 14.9. The third-order valence-corrected chi connectivity index (χ3v) is 3.80. The summed E-state index contributed by atoms with van der Waals surface area (Å²) >= 11 is 0. The van der Waals surface area contributed by atoms with Gasteiger partial charge < -0.3 is 14.2 Å². The number of carbonyl (C=O) groups is 1. The minimum atomic E-state index is -0.140. The number of allylic oxidation sites excluding steroid dienone is 2. The molecule has 0 N–H and O–H groups in total. The Morgan fingerprint density at radius 2 is 1.20 bits per heavy atom. The van der Waals surface area contributed by atoms with Crippen LogP contribution in [0, 0.1) is 6.92 Å². The van der Waals surface area contributed by atoms with E-state index in [4.69, 9.17) is 14.2 Å². The molecule has 0 fully saturated rings. The summed E-state index contributed by atoms with van der Waals surface area (Å²) in [6.07, 6.45) is 6.46. The van der Waals surface area contributed by atoms with Gasteiger partial charge in [0.15, 0.2) is 5.78 Å². The topological polar surface area (TPSA) is 44.8 Å². The van der Waals surface area contributed by atoms with Gasteiger partial charge in [-0.2, -0.15) is 0 Å². The molecule has 0 aliphatic heterocycles. The van der Waals surface area contributed by atoms with Gasteiger partial charge in [-0.15, -0.1) is 0 Å². The normalized spacial score (nSPS) is 11.0. The van der Waals surface area contributed by atoms with Crippen LogP contribution in [0.1, 0.15) is 16.7 Å². The van der Waals surface area contributed by atoms with E-state index >= 15 is 0 Å². The van der Waals surface area contributed by atoms with Gasteiger partial charge in [-0.05, 0) is 55.0 Å². The first-order valence-corrected chi connectivity index (χ1v) is 7.85. The van der Waals surface area contributed by atoms with Crippen LogP contribution in [0.2, 0.25) is 0 Å². The maximum atomic E-state index is 12.2. The van der Waals surface area contributed by atoms with E-state index in [1.54, 1.807) is 33.5 Å². The molecular formula is C21H22O4. The number of ketones is 1. The summed E-state index contributed by atoms with van der Waals surface area (Å²) in [4.78, 5) is 12.2. The molecule has 2 aromatic carbocycles. The van der Waals surface area contributed by atoms with Gasteiger partial charge in [-0.1, -0.05) is 18.2 Å². The zero-order valence-electron chi connectivity index (χ0n) is 14.9. The van der Waals surface area contributed by atoms with Crippen molar-refractivity contribution in [2.45, 2.75) is 6.92 Å². The van der Waals surface area contributed by atoms with Crippen molar-refractivity contribution in [3.8, 4) is 17.2 Å². The Labute approximate surface area is 148 Å². The highest BCUT2D eigenvalue weighted by Gasteiger charge is 2.07. The number of methoxy groups -OCH3 is 3. The molecule has 25 heavy (non-hydrogen) atoms. The van der Waals surface area contributed by atoms with Gasteiger partial charge >= 0.3 is 0 Å². The van der Waals surface area contributed by atoms with Crippen LogP contribution < -0.4 is 14.2 Å². The lowest BCUT2D eigenvalue weighted by Gasteiger charge is -2.09. The third kappa shape index (κ3) is 4.51. The molecule has 0 saturated carbocycles. The molecule has 0 atom stereocenters. The van der Waals surface area contributed by atoms with Crippen LogP contribution >= 0.6 is 0 Å². The largest absolute Gasteiger partial charge is 0.496 e. The van der Waals surface area contributed by atoms with Gasteiger partial charge in [-0.3, -0.25) is 4.79 Å². The van der Waals surface area contributed by atoms with E-state index in [1.165, 1.54) is 12.2 Å². The number of aryl methyl sites for hydroxylation is 1. The molecule has 0 aliphatic carbocycles. The maximum absolute atomic E-state index is 12.2. The second-order valence-electron chi connectivity index (χ2n) is 5.34. The lowest BCUT2D eigenvalue weighted by molar-refractivity contribution is -0.110. The monoisotopic (exact) mass is 338 g/mol. The van der Waals surface area contributed by atoms with Crippen LogP contribution in [0.4, 0.5) is 0 Å².